The van der Waals surface area contributed by atoms with Gasteiger partial charge in [0.25, 0.3) is 0 Å². The summed E-state index contributed by atoms with van der Waals surface area (Å²) in [6.07, 6.45) is 1.26. The molecule has 1 unspecified atom stereocenters. The van der Waals surface area contributed by atoms with E-state index in [1.165, 1.54) is 6.07 Å². The molecule has 0 aromatic heterocycles. The molecule has 11 heavy (non-hydrogen) atoms. The molecule has 1 aliphatic rings. The lowest BCUT2D eigenvalue weighted by atomic mass is 10.1. The molecule has 0 saturated carbocycles. The second-order valence-electron chi connectivity index (χ2n) is 2.92. The van der Waals surface area contributed by atoms with E-state index < -0.39 is 0 Å². The highest BCUT2D eigenvalue weighted by Gasteiger charge is 2.19. The van der Waals surface area contributed by atoms with Gasteiger partial charge in [-0.05, 0) is 36.1 Å². The lowest BCUT2D eigenvalue weighted by Gasteiger charge is -2.01. The molecule has 1 N–H and O–H groups in total. The summed E-state index contributed by atoms with van der Waals surface area (Å²) in [5, 5.41) is 20.2. The fourth-order valence-corrected chi connectivity index (χ4v) is 1.57. The van der Waals surface area contributed by atoms with Gasteiger partial charge in [-0.25, -0.2) is 0 Å². The molecule has 1 aromatic rings. The second kappa shape index (κ2) is 2.24. The van der Waals surface area contributed by atoms with E-state index in [4.69, 9.17) is 0 Å². The molecule has 0 aliphatic heterocycles. The standard InChI is InChI=1S/C9H9O2/c10-7-2-3-8-6(5-7)1-4-9(8)11/h2-3,5,9,11H,1,4H2. The third kappa shape index (κ3) is 0.994. The molecule has 1 aromatic carbocycles. The Hall–Kier alpha value is -1.02. The molecule has 1 aliphatic carbocycles. The van der Waals surface area contributed by atoms with Crippen LogP contribution >= 0.6 is 0 Å². The van der Waals surface area contributed by atoms with Crippen LogP contribution in [-0.2, 0) is 11.5 Å². The van der Waals surface area contributed by atoms with Crippen LogP contribution < -0.4 is 0 Å². The van der Waals surface area contributed by atoms with Crippen LogP contribution in [0.25, 0.3) is 0 Å². The summed E-state index contributed by atoms with van der Waals surface area (Å²) >= 11 is 0. The average molecular weight is 149 g/mol. The molecule has 1 radical (unpaired) electrons. The van der Waals surface area contributed by atoms with Gasteiger partial charge in [-0.1, -0.05) is 6.07 Å². The zero-order chi connectivity index (χ0) is 7.84. The van der Waals surface area contributed by atoms with Crippen molar-refractivity contribution in [1.29, 1.82) is 0 Å². The predicted octanol–water partition coefficient (Wildman–Crippen LogP) is 1.81. The van der Waals surface area contributed by atoms with Crippen molar-refractivity contribution < 1.29 is 10.2 Å². The third-order valence-electron chi connectivity index (χ3n) is 2.16. The number of aliphatic hydroxyl groups is 1. The Morgan fingerprint density at radius 1 is 1.45 bits per heavy atom. The van der Waals surface area contributed by atoms with Gasteiger partial charge in [0.1, 0.15) is 0 Å². The number of fused-ring (bicyclic) bond motifs is 1. The van der Waals surface area contributed by atoms with Gasteiger partial charge in [0.2, 0.25) is 0 Å². The van der Waals surface area contributed by atoms with E-state index in [1.807, 2.05) is 0 Å². The SMILES string of the molecule is [O]c1ccc2c(c1)CCC2O. The fraction of sp³-hybridized carbons (Fsp3) is 0.333. The molecule has 1 atom stereocenters. The molecule has 2 nitrogen and oxygen atoms in total. The minimum absolute atomic E-state index is 0.0397. The Balaban J connectivity index is 2.50. The van der Waals surface area contributed by atoms with Crippen molar-refractivity contribution in [1.82, 2.24) is 0 Å². The number of hydrogen-bond donors (Lipinski definition) is 1. The highest BCUT2D eigenvalue weighted by molar-refractivity contribution is 5.38. The van der Waals surface area contributed by atoms with Crippen LogP contribution in [0.15, 0.2) is 18.2 Å². The first kappa shape index (κ1) is 6.68. The number of aryl methyl sites for hydroxylation is 1. The van der Waals surface area contributed by atoms with Gasteiger partial charge in [-0.3, -0.25) is 5.11 Å². The van der Waals surface area contributed by atoms with Crippen molar-refractivity contribution in [3.8, 4) is 5.75 Å². The van der Waals surface area contributed by atoms with Crippen molar-refractivity contribution in [2.24, 2.45) is 0 Å². The molecular weight excluding hydrogens is 140 g/mol. The number of benzene rings is 1. The molecule has 0 fully saturated rings. The summed E-state index contributed by atoms with van der Waals surface area (Å²) in [4.78, 5) is 0. The molecule has 0 bridgehead atoms. The minimum Gasteiger partial charge on any atom is -0.388 e. The van der Waals surface area contributed by atoms with Crippen molar-refractivity contribution in [3.63, 3.8) is 0 Å². The molecule has 2 rings (SSSR count). The summed E-state index contributed by atoms with van der Waals surface area (Å²) in [7, 11) is 0. The molecule has 0 spiro atoms. The predicted molar refractivity (Wildman–Crippen MR) is 39.9 cm³/mol. The van der Waals surface area contributed by atoms with Crippen LogP contribution in [-0.4, -0.2) is 5.11 Å². The van der Waals surface area contributed by atoms with Crippen LogP contribution in [0.2, 0.25) is 0 Å². The minimum atomic E-state index is -0.342. The molecular formula is C9H9O2. The van der Waals surface area contributed by atoms with Crippen LogP contribution in [0.5, 0.6) is 5.75 Å². The van der Waals surface area contributed by atoms with E-state index in [2.05, 4.69) is 0 Å². The van der Waals surface area contributed by atoms with E-state index >= 15 is 0 Å². The normalized spacial score (nSPS) is 21.7. The van der Waals surface area contributed by atoms with E-state index in [0.29, 0.717) is 0 Å². The maximum atomic E-state index is 10.9. The summed E-state index contributed by atoms with van der Waals surface area (Å²) in [5.41, 5.74) is 1.95. The summed E-state index contributed by atoms with van der Waals surface area (Å²) in [6.45, 7) is 0. The smallest absolute Gasteiger partial charge is 0.178 e. The Morgan fingerprint density at radius 3 is 3.09 bits per heavy atom. The van der Waals surface area contributed by atoms with Crippen molar-refractivity contribution in [3.05, 3.63) is 29.3 Å². The van der Waals surface area contributed by atoms with Crippen molar-refractivity contribution >= 4 is 0 Å². The lowest BCUT2D eigenvalue weighted by molar-refractivity contribution is 0.180. The van der Waals surface area contributed by atoms with Gasteiger partial charge in [-0.15, -0.1) is 0 Å². The Kier molecular flexibility index (Phi) is 1.36. The first-order valence-electron chi connectivity index (χ1n) is 3.75. The number of hydrogen-bond acceptors (Lipinski definition) is 1. The first-order chi connectivity index (χ1) is 5.27. The summed E-state index contributed by atoms with van der Waals surface area (Å²) < 4.78 is 0. The largest absolute Gasteiger partial charge is 0.388 e. The first-order valence-corrected chi connectivity index (χ1v) is 3.75. The molecule has 0 saturated heterocycles. The van der Waals surface area contributed by atoms with Crippen LogP contribution in [0, 0.1) is 0 Å². The van der Waals surface area contributed by atoms with Crippen molar-refractivity contribution in [2.45, 2.75) is 18.9 Å². The topological polar surface area (TPSA) is 40.1 Å². The lowest BCUT2D eigenvalue weighted by Crippen LogP contribution is -1.88. The molecule has 2 heteroatoms. The Morgan fingerprint density at radius 2 is 2.27 bits per heavy atom. The highest BCUT2D eigenvalue weighted by Crippen LogP contribution is 2.32. The zero-order valence-corrected chi connectivity index (χ0v) is 6.08. The molecule has 0 heterocycles. The summed E-state index contributed by atoms with van der Waals surface area (Å²) in [5.74, 6) is 0.0397. The van der Waals surface area contributed by atoms with Gasteiger partial charge >= 0.3 is 0 Å². The van der Waals surface area contributed by atoms with E-state index in [1.54, 1.807) is 12.1 Å². The van der Waals surface area contributed by atoms with E-state index in [0.717, 1.165) is 24.0 Å². The van der Waals surface area contributed by atoms with Gasteiger partial charge in [0, 0.05) is 0 Å². The maximum Gasteiger partial charge on any atom is 0.178 e. The van der Waals surface area contributed by atoms with Gasteiger partial charge in [0.15, 0.2) is 5.75 Å². The second-order valence-corrected chi connectivity index (χ2v) is 2.92. The highest BCUT2D eigenvalue weighted by atomic mass is 16.3. The third-order valence-corrected chi connectivity index (χ3v) is 2.16. The maximum absolute atomic E-state index is 10.9. The van der Waals surface area contributed by atoms with Gasteiger partial charge in [0.05, 0.1) is 6.10 Å². The number of rotatable bonds is 0. The Labute approximate surface area is 65.1 Å². The van der Waals surface area contributed by atoms with Gasteiger partial charge in [-0.2, -0.15) is 0 Å². The van der Waals surface area contributed by atoms with Crippen LogP contribution in [0.3, 0.4) is 0 Å². The molecule has 57 valence electrons. The van der Waals surface area contributed by atoms with E-state index in [-0.39, 0.29) is 11.9 Å². The van der Waals surface area contributed by atoms with Gasteiger partial charge < -0.3 is 5.11 Å². The quantitative estimate of drug-likeness (QED) is 0.600. The molecule has 0 amide bonds. The Bertz CT molecular complexity index is 281. The summed E-state index contributed by atoms with van der Waals surface area (Å²) in [6, 6.07) is 4.86. The van der Waals surface area contributed by atoms with Crippen molar-refractivity contribution in [2.75, 3.05) is 0 Å². The average Bonchev–Trinajstić information content (AvgIpc) is 2.32. The fourth-order valence-electron chi connectivity index (χ4n) is 1.57. The zero-order valence-electron chi connectivity index (χ0n) is 6.08. The van der Waals surface area contributed by atoms with Crippen LogP contribution in [0.4, 0.5) is 0 Å². The monoisotopic (exact) mass is 149 g/mol. The van der Waals surface area contributed by atoms with Crippen LogP contribution in [0.1, 0.15) is 23.7 Å². The number of aliphatic hydroxyl groups excluding tert-OH is 1. The van der Waals surface area contributed by atoms with E-state index in [9.17, 15) is 10.2 Å².